The zero-order chi connectivity index (χ0) is 22.6. The Morgan fingerprint density at radius 1 is 1.00 bits per heavy atom. The number of amides is 1. The van der Waals surface area contributed by atoms with Crippen LogP contribution in [0.3, 0.4) is 0 Å². The second-order valence-electron chi connectivity index (χ2n) is 6.53. The molecule has 0 fully saturated rings. The third kappa shape index (κ3) is 6.27. The maximum Gasteiger partial charge on any atom is 0.243 e. The van der Waals surface area contributed by atoms with E-state index in [0.717, 1.165) is 14.8 Å². The second kappa shape index (κ2) is 10.1. The highest BCUT2D eigenvalue weighted by Crippen LogP contribution is 2.23. The fourth-order valence-electron chi connectivity index (χ4n) is 2.71. The summed E-state index contributed by atoms with van der Waals surface area (Å²) in [6, 6.07) is 16.5. The van der Waals surface area contributed by atoms with Crippen LogP contribution >= 0.6 is 39.1 Å². The smallest absolute Gasteiger partial charge is 0.243 e. The molecule has 0 spiro atoms. The number of halogens is 4. The minimum Gasteiger partial charge on any atom is -0.325 e. The molecule has 1 N–H and O–H groups in total. The number of hydrogen-bond acceptors (Lipinski definition) is 3. The molecule has 0 aliphatic heterocycles. The molecule has 31 heavy (non-hydrogen) atoms. The molecule has 3 aromatic carbocycles. The first-order chi connectivity index (χ1) is 14.6. The maximum atomic E-state index is 13.3. The van der Waals surface area contributed by atoms with Gasteiger partial charge in [0.2, 0.25) is 15.9 Å². The van der Waals surface area contributed by atoms with Crippen molar-refractivity contribution in [3.63, 3.8) is 0 Å². The van der Waals surface area contributed by atoms with E-state index in [-0.39, 0.29) is 22.2 Å². The topological polar surface area (TPSA) is 66.5 Å². The standard InChI is InChI=1S/C21H16BrCl2FN2O3S/c22-15-3-1-14(2-4-15)12-27(31(29,30)18-8-5-16(23)6-9-18)13-21(28)26-17-7-10-20(25)19(24)11-17/h1-11H,12-13H2,(H,26,28). The van der Waals surface area contributed by atoms with Gasteiger partial charge in [0, 0.05) is 21.7 Å². The molecule has 0 atom stereocenters. The van der Waals surface area contributed by atoms with Crippen molar-refractivity contribution < 1.29 is 17.6 Å². The number of nitrogens with one attached hydrogen (secondary N) is 1. The molecule has 3 aromatic rings. The Balaban J connectivity index is 1.87. The number of carbonyl (C=O) groups is 1. The molecule has 0 saturated carbocycles. The molecule has 0 heterocycles. The van der Waals surface area contributed by atoms with Gasteiger partial charge in [-0.05, 0) is 60.2 Å². The third-order valence-corrected chi connectivity index (χ3v) is 7.12. The molecule has 0 aliphatic carbocycles. The van der Waals surface area contributed by atoms with Gasteiger partial charge in [0.15, 0.2) is 0 Å². The molecule has 0 saturated heterocycles. The number of nitrogens with zero attached hydrogens (tertiary/aromatic N) is 1. The van der Waals surface area contributed by atoms with E-state index in [4.69, 9.17) is 23.2 Å². The van der Waals surface area contributed by atoms with E-state index in [0.29, 0.717) is 10.6 Å². The van der Waals surface area contributed by atoms with Gasteiger partial charge in [0.05, 0.1) is 16.5 Å². The van der Waals surface area contributed by atoms with E-state index in [2.05, 4.69) is 21.2 Å². The van der Waals surface area contributed by atoms with Crippen LogP contribution in [0.25, 0.3) is 0 Å². The highest BCUT2D eigenvalue weighted by Gasteiger charge is 2.27. The lowest BCUT2D eigenvalue weighted by Crippen LogP contribution is -2.37. The second-order valence-corrected chi connectivity index (χ2v) is 10.2. The van der Waals surface area contributed by atoms with Crippen molar-refractivity contribution in [3.05, 3.63) is 92.6 Å². The van der Waals surface area contributed by atoms with E-state index in [9.17, 15) is 17.6 Å². The summed E-state index contributed by atoms with van der Waals surface area (Å²) in [5, 5.41) is 2.78. The summed E-state index contributed by atoms with van der Waals surface area (Å²) in [5.74, 6) is -1.22. The Morgan fingerprint density at radius 3 is 2.26 bits per heavy atom. The summed E-state index contributed by atoms with van der Waals surface area (Å²) in [4.78, 5) is 12.6. The molecule has 0 aliphatic rings. The molecule has 0 radical (unpaired) electrons. The van der Waals surface area contributed by atoms with E-state index in [1.807, 2.05) is 0 Å². The molecular weight excluding hydrogens is 530 g/mol. The Hall–Kier alpha value is -1.97. The van der Waals surface area contributed by atoms with Crippen molar-refractivity contribution in [3.8, 4) is 0 Å². The van der Waals surface area contributed by atoms with E-state index in [1.54, 1.807) is 24.3 Å². The zero-order valence-corrected chi connectivity index (χ0v) is 19.8. The van der Waals surface area contributed by atoms with Gasteiger partial charge in [-0.1, -0.05) is 51.3 Å². The lowest BCUT2D eigenvalue weighted by Gasteiger charge is -2.22. The summed E-state index contributed by atoms with van der Waals surface area (Å²) in [7, 11) is -4.01. The minimum absolute atomic E-state index is 0.00615. The van der Waals surface area contributed by atoms with Gasteiger partial charge < -0.3 is 5.32 Å². The number of rotatable bonds is 7. The van der Waals surface area contributed by atoms with Gasteiger partial charge in [0.25, 0.3) is 0 Å². The van der Waals surface area contributed by atoms with Crippen LogP contribution in [-0.4, -0.2) is 25.2 Å². The predicted octanol–water partition coefficient (Wildman–Crippen LogP) is 5.72. The SMILES string of the molecule is O=C(CN(Cc1ccc(Br)cc1)S(=O)(=O)c1ccc(Cl)cc1)Nc1ccc(F)c(Cl)c1. The summed E-state index contributed by atoms with van der Waals surface area (Å²) in [6.07, 6.45) is 0. The average Bonchev–Trinajstić information content (AvgIpc) is 2.72. The van der Waals surface area contributed by atoms with Crippen LogP contribution in [0.15, 0.2) is 76.1 Å². The van der Waals surface area contributed by atoms with Crippen LogP contribution in [0.5, 0.6) is 0 Å². The fourth-order valence-corrected chi connectivity index (χ4v) is 4.66. The van der Waals surface area contributed by atoms with Gasteiger partial charge in [-0.25, -0.2) is 12.8 Å². The van der Waals surface area contributed by atoms with Crippen LogP contribution in [-0.2, 0) is 21.4 Å². The lowest BCUT2D eigenvalue weighted by molar-refractivity contribution is -0.116. The van der Waals surface area contributed by atoms with Crippen LogP contribution in [0, 0.1) is 5.82 Å². The molecule has 0 aromatic heterocycles. The first-order valence-electron chi connectivity index (χ1n) is 8.90. The number of sulfonamides is 1. The van der Waals surface area contributed by atoms with Crippen molar-refractivity contribution in [1.29, 1.82) is 0 Å². The molecule has 3 rings (SSSR count). The number of anilines is 1. The van der Waals surface area contributed by atoms with E-state index >= 15 is 0 Å². The van der Waals surface area contributed by atoms with Crippen LogP contribution in [0.2, 0.25) is 10.0 Å². The maximum absolute atomic E-state index is 13.3. The first kappa shape index (κ1) is 23.7. The Labute approximate surface area is 198 Å². The molecule has 1 amide bonds. The van der Waals surface area contributed by atoms with Gasteiger partial charge >= 0.3 is 0 Å². The molecule has 5 nitrogen and oxygen atoms in total. The van der Waals surface area contributed by atoms with Gasteiger partial charge in [-0.2, -0.15) is 4.31 Å². The highest BCUT2D eigenvalue weighted by atomic mass is 79.9. The fraction of sp³-hybridized carbons (Fsp3) is 0.0952. The van der Waals surface area contributed by atoms with Crippen molar-refractivity contribution in [2.75, 3.05) is 11.9 Å². The summed E-state index contributed by atoms with van der Waals surface area (Å²) in [6.45, 7) is -0.494. The zero-order valence-electron chi connectivity index (χ0n) is 15.9. The molecule has 162 valence electrons. The number of benzene rings is 3. The summed E-state index contributed by atoms with van der Waals surface area (Å²) in [5.41, 5.74) is 0.947. The summed E-state index contributed by atoms with van der Waals surface area (Å²) >= 11 is 14.9. The Morgan fingerprint density at radius 2 is 1.65 bits per heavy atom. The van der Waals surface area contributed by atoms with Gasteiger partial charge in [0.1, 0.15) is 5.82 Å². The average molecular weight is 546 g/mol. The lowest BCUT2D eigenvalue weighted by atomic mass is 10.2. The Bertz CT molecular complexity index is 1190. The quantitative estimate of drug-likeness (QED) is 0.412. The normalized spacial score (nSPS) is 11.5. The van der Waals surface area contributed by atoms with Crippen LogP contribution in [0.4, 0.5) is 10.1 Å². The Kier molecular flexibility index (Phi) is 7.72. The van der Waals surface area contributed by atoms with Crippen molar-refractivity contribution in [2.24, 2.45) is 0 Å². The molecule has 10 heteroatoms. The molecular formula is C21H16BrCl2FN2O3S. The molecule has 0 bridgehead atoms. The van der Waals surface area contributed by atoms with Gasteiger partial charge in [-0.15, -0.1) is 0 Å². The first-order valence-corrected chi connectivity index (χ1v) is 11.9. The van der Waals surface area contributed by atoms with Crippen LogP contribution < -0.4 is 5.32 Å². The number of hydrogen-bond donors (Lipinski definition) is 1. The third-order valence-electron chi connectivity index (χ3n) is 4.25. The summed E-state index contributed by atoms with van der Waals surface area (Å²) < 4.78 is 41.7. The minimum atomic E-state index is -4.01. The van der Waals surface area contributed by atoms with Crippen molar-refractivity contribution >= 4 is 60.7 Å². The van der Waals surface area contributed by atoms with Crippen molar-refractivity contribution in [1.82, 2.24) is 4.31 Å². The van der Waals surface area contributed by atoms with Crippen molar-refractivity contribution in [2.45, 2.75) is 11.4 Å². The molecule has 0 unspecified atom stereocenters. The highest BCUT2D eigenvalue weighted by molar-refractivity contribution is 9.10. The predicted molar refractivity (Wildman–Crippen MR) is 123 cm³/mol. The van der Waals surface area contributed by atoms with Crippen LogP contribution in [0.1, 0.15) is 5.56 Å². The monoisotopic (exact) mass is 544 g/mol. The van der Waals surface area contributed by atoms with Gasteiger partial charge in [-0.3, -0.25) is 4.79 Å². The number of carbonyl (C=O) groups excluding carboxylic acids is 1. The van der Waals surface area contributed by atoms with E-state index < -0.39 is 28.3 Å². The largest absolute Gasteiger partial charge is 0.325 e. The van der Waals surface area contributed by atoms with E-state index in [1.165, 1.54) is 36.4 Å².